The van der Waals surface area contributed by atoms with Gasteiger partial charge in [0.1, 0.15) is 11.4 Å². The average Bonchev–Trinajstić information content (AvgIpc) is 4.24. The SMILES string of the molecule is COCCOCCOCCN1C(=O)C2=C(c3ccc(N(c4ccc(C#N)cc4)c4ccc(C#N)cc4)o3)N(CCOCCOCCOC)C(=O)C2=C1c1ccc(N(c2ccc(C#N)cc2)c2ccc(C#N)cc2)o1. The summed E-state index contributed by atoms with van der Waals surface area (Å²) in [5.41, 5.74) is 4.89. The molecule has 2 aromatic heterocycles. The van der Waals surface area contributed by atoms with Crippen molar-refractivity contribution in [2.75, 3.05) is 103 Å². The predicted octanol–water partition coefficient (Wildman–Crippen LogP) is 8.46. The van der Waals surface area contributed by atoms with Crippen LogP contribution in [-0.2, 0) is 38.0 Å². The van der Waals surface area contributed by atoms with E-state index in [0.29, 0.717) is 96.4 Å². The molecule has 8 rings (SSSR count). The molecule has 18 heteroatoms. The van der Waals surface area contributed by atoms with Gasteiger partial charge in [0.2, 0.25) is 11.8 Å². The first-order chi connectivity index (χ1) is 36.3. The quantitative estimate of drug-likeness (QED) is 0.0465. The van der Waals surface area contributed by atoms with E-state index in [0.717, 1.165) is 0 Å². The van der Waals surface area contributed by atoms with Crippen molar-refractivity contribution >= 4 is 57.7 Å². The number of hydrogen-bond acceptors (Lipinski definition) is 16. The van der Waals surface area contributed by atoms with Crippen molar-refractivity contribution in [3.63, 3.8) is 0 Å². The van der Waals surface area contributed by atoms with Crippen LogP contribution in [0.5, 0.6) is 0 Å². The standard InChI is InChI=1S/C56H50N8O10/c1-67-27-29-71-33-31-69-25-23-61-53(47-19-21-49(73-47)63(43-11-3-39(35-57)4-12-43)44-13-5-40(36-58)6-14-44)51-52(55(61)65)54(62(56(51)66)24-26-70-32-34-72-30-28-68-2)48-20-22-50(74-48)64(45-15-7-41(37-59)8-16-45)46-17-9-42(38-60)10-18-46/h3-22H,23-34H2,1-2H3. The summed E-state index contributed by atoms with van der Waals surface area (Å²) in [7, 11) is 3.17. The Morgan fingerprint density at radius 1 is 0.405 bits per heavy atom. The number of carbonyl (C=O) groups is 2. The van der Waals surface area contributed by atoms with E-state index in [1.165, 1.54) is 9.80 Å². The van der Waals surface area contributed by atoms with E-state index in [9.17, 15) is 21.0 Å². The highest BCUT2D eigenvalue weighted by Gasteiger charge is 2.50. The van der Waals surface area contributed by atoms with Crippen LogP contribution in [0.25, 0.3) is 11.4 Å². The van der Waals surface area contributed by atoms with Gasteiger partial charge in [-0.25, -0.2) is 0 Å². The molecule has 2 amide bonds. The molecule has 0 saturated carbocycles. The number of ether oxygens (including phenoxy) is 6. The van der Waals surface area contributed by atoms with Gasteiger partial charge in [-0.2, -0.15) is 21.0 Å². The first-order valence-electron chi connectivity index (χ1n) is 23.5. The molecule has 4 heterocycles. The molecule has 4 aromatic carbocycles. The number of rotatable bonds is 26. The number of hydrogen-bond donors (Lipinski definition) is 0. The number of nitriles is 4. The van der Waals surface area contributed by atoms with Gasteiger partial charge in [0, 0.05) is 62.2 Å². The molecule has 0 unspecified atom stereocenters. The van der Waals surface area contributed by atoms with Gasteiger partial charge < -0.3 is 47.1 Å². The number of fused-ring (bicyclic) bond motifs is 1. The zero-order valence-corrected chi connectivity index (χ0v) is 40.7. The minimum absolute atomic E-state index is 0.0194. The van der Waals surface area contributed by atoms with Crippen molar-refractivity contribution in [3.8, 4) is 24.3 Å². The van der Waals surface area contributed by atoms with Gasteiger partial charge in [-0.3, -0.25) is 19.4 Å². The molecular formula is C56H50N8O10. The van der Waals surface area contributed by atoms with Crippen molar-refractivity contribution in [1.29, 1.82) is 21.0 Å². The number of furan rings is 2. The maximum absolute atomic E-state index is 15.3. The van der Waals surface area contributed by atoms with Gasteiger partial charge in [0.15, 0.2) is 11.5 Å². The van der Waals surface area contributed by atoms with Crippen LogP contribution in [-0.4, -0.2) is 115 Å². The Morgan fingerprint density at radius 3 is 0.973 bits per heavy atom. The maximum atomic E-state index is 15.3. The Labute approximate surface area is 427 Å². The summed E-state index contributed by atoms with van der Waals surface area (Å²) >= 11 is 0. The van der Waals surface area contributed by atoms with Crippen LogP contribution in [0.4, 0.5) is 34.5 Å². The van der Waals surface area contributed by atoms with E-state index < -0.39 is 11.8 Å². The van der Waals surface area contributed by atoms with Crippen molar-refractivity contribution in [1.82, 2.24) is 9.80 Å². The Hall–Kier alpha value is -8.82. The van der Waals surface area contributed by atoms with E-state index in [1.807, 2.05) is 0 Å². The summed E-state index contributed by atoms with van der Waals surface area (Å²) in [6.07, 6.45) is 0. The molecule has 374 valence electrons. The first-order valence-corrected chi connectivity index (χ1v) is 23.5. The molecular weight excluding hydrogens is 945 g/mol. The molecule has 0 N–H and O–H groups in total. The highest BCUT2D eigenvalue weighted by Crippen LogP contribution is 2.49. The molecule has 0 saturated heterocycles. The second-order valence-corrected chi connectivity index (χ2v) is 16.4. The number of amides is 2. The molecule has 0 fully saturated rings. The molecule has 0 spiro atoms. The smallest absolute Gasteiger partial charge is 0.261 e. The molecule has 0 radical (unpaired) electrons. The molecule has 0 atom stereocenters. The van der Waals surface area contributed by atoms with Crippen molar-refractivity contribution in [2.24, 2.45) is 0 Å². The van der Waals surface area contributed by atoms with Crippen molar-refractivity contribution < 1.29 is 46.8 Å². The fourth-order valence-electron chi connectivity index (χ4n) is 8.27. The lowest BCUT2D eigenvalue weighted by Crippen LogP contribution is -2.33. The van der Waals surface area contributed by atoms with Gasteiger partial charge in [0.05, 0.1) is 124 Å². The number of carbonyl (C=O) groups excluding carboxylic acids is 2. The Morgan fingerprint density at radius 2 is 0.689 bits per heavy atom. The van der Waals surface area contributed by atoms with Crippen molar-refractivity contribution in [2.45, 2.75) is 0 Å². The largest absolute Gasteiger partial charge is 0.438 e. The van der Waals surface area contributed by atoms with Crippen molar-refractivity contribution in [3.05, 3.63) is 166 Å². The second kappa shape index (κ2) is 25.0. The van der Waals surface area contributed by atoms with E-state index in [2.05, 4.69) is 24.3 Å². The minimum atomic E-state index is -0.503. The first kappa shape index (κ1) is 51.5. The summed E-state index contributed by atoms with van der Waals surface area (Å²) in [6, 6.07) is 43.0. The predicted molar refractivity (Wildman–Crippen MR) is 270 cm³/mol. The highest BCUT2D eigenvalue weighted by atomic mass is 16.5. The minimum Gasteiger partial charge on any atom is -0.438 e. The summed E-state index contributed by atoms with van der Waals surface area (Å²) < 4.78 is 46.7. The van der Waals surface area contributed by atoms with Gasteiger partial charge in [-0.15, -0.1) is 0 Å². The van der Waals surface area contributed by atoms with Crippen LogP contribution >= 0.6 is 0 Å². The van der Waals surface area contributed by atoms with E-state index in [-0.39, 0.29) is 73.6 Å². The Balaban J connectivity index is 1.23. The second-order valence-electron chi connectivity index (χ2n) is 16.4. The number of nitrogens with zero attached hydrogens (tertiary/aromatic N) is 8. The number of methoxy groups -OCH3 is 2. The van der Waals surface area contributed by atoms with Crippen LogP contribution < -0.4 is 9.80 Å². The topological polar surface area (TPSA) is 224 Å². The summed E-state index contributed by atoms with van der Waals surface area (Å²) in [5, 5.41) is 38.3. The van der Waals surface area contributed by atoms with Crippen LogP contribution in [0.15, 0.2) is 141 Å². The molecule has 74 heavy (non-hydrogen) atoms. The van der Waals surface area contributed by atoms with Gasteiger partial charge >= 0.3 is 0 Å². The average molecular weight is 995 g/mol. The zero-order valence-electron chi connectivity index (χ0n) is 40.7. The van der Waals surface area contributed by atoms with E-state index in [1.54, 1.807) is 145 Å². The zero-order chi connectivity index (χ0) is 51.8. The van der Waals surface area contributed by atoms with Crippen LogP contribution in [0.3, 0.4) is 0 Å². The highest BCUT2D eigenvalue weighted by molar-refractivity contribution is 6.30. The molecule has 0 aliphatic carbocycles. The normalized spacial score (nSPS) is 13.0. The van der Waals surface area contributed by atoms with E-state index in [4.69, 9.17) is 37.3 Å². The van der Waals surface area contributed by atoms with Gasteiger partial charge in [0.25, 0.3) is 11.8 Å². The van der Waals surface area contributed by atoms with Gasteiger partial charge in [-0.05, 0) is 109 Å². The maximum Gasteiger partial charge on any atom is 0.261 e. The summed E-state index contributed by atoms with van der Waals surface area (Å²) in [4.78, 5) is 37.1. The lowest BCUT2D eigenvalue weighted by atomic mass is 10.1. The lowest BCUT2D eigenvalue weighted by molar-refractivity contribution is -0.124. The Bertz CT molecular complexity index is 2820. The van der Waals surface area contributed by atoms with E-state index >= 15 is 9.59 Å². The fraction of sp³-hybridized carbons (Fsp3) is 0.250. The monoisotopic (exact) mass is 994 g/mol. The summed E-state index contributed by atoms with van der Waals surface area (Å²) in [5.74, 6) is -0.00270. The third-order valence-electron chi connectivity index (χ3n) is 11.8. The fourth-order valence-corrected chi connectivity index (χ4v) is 8.27. The third kappa shape index (κ3) is 11.6. The molecule has 2 aliphatic rings. The lowest BCUT2D eigenvalue weighted by Gasteiger charge is -2.25. The Kier molecular flexibility index (Phi) is 17.4. The molecule has 2 aliphatic heterocycles. The van der Waals surface area contributed by atoms with Gasteiger partial charge in [-0.1, -0.05) is 0 Å². The van der Waals surface area contributed by atoms with Crippen LogP contribution in [0, 0.1) is 45.3 Å². The number of anilines is 6. The van der Waals surface area contributed by atoms with Crippen LogP contribution in [0.2, 0.25) is 0 Å². The molecule has 18 nitrogen and oxygen atoms in total. The van der Waals surface area contributed by atoms with Crippen LogP contribution in [0.1, 0.15) is 33.8 Å². The molecule has 6 aromatic rings. The summed E-state index contributed by atoms with van der Waals surface area (Å²) in [6.45, 7) is 2.86. The molecule has 0 bridgehead atoms. The number of benzene rings is 4. The third-order valence-corrected chi connectivity index (χ3v) is 11.8.